The number of aromatic nitrogens is 1. The minimum atomic E-state index is -0.397. The van der Waals surface area contributed by atoms with Crippen molar-refractivity contribution in [3.05, 3.63) is 53.5 Å². The Balaban J connectivity index is 2.05. The van der Waals surface area contributed by atoms with Crippen molar-refractivity contribution in [2.45, 2.75) is 12.4 Å². The van der Waals surface area contributed by atoms with E-state index in [0.717, 1.165) is 11.3 Å². The molecule has 0 radical (unpaired) electrons. The largest absolute Gasteiger partial charge is 0.497 e. The standard InChI is InChI=1S/C14H14ClFN2O/c1-19-12-4-2-10(3-5-12)9-18-14-13(16)11(8-15)6-7-17-14/h2-7H,8-9H2,1H3,(H,17,18). The van der Waals surface area contributed by atoms with Crippen molar-refractivity contribution in [1.82, 2.24) is 4.98 Å². The van der Waals surface area contributed by atoms with E-state index >= 15 is 0 Å². The summed E-state index contributed by atoms with van der Waals surface area (Å²) < 4.78 is 18.9. The normalized spacial score (nSPS) is 10.3. The second-order valence-corrected chi connectivity index (χ2v) is 4.24. The molecule has 100 valence electrons. The third kappa shape index (κ3) is 3.35. The Morgan fingerprint density at radius 3 is 2.63 bits per heavy atom. The summed E-state index contributed by atoms with van der Waals surface area (Å²) in [7, 11) is 1.62. The van der Waals surface area contributed by atoms with E-state index in [1.165, 1.54) is 6.20 Å². The van der Waals surface area contributed by atoms with Crippen LogP contribution >= 0.6 is 11.6 Å². The van der Waals surface area contributed by atoms with Gasteiger partial charge in [-0.1, -0.05) is 12.1 Å². The summed E-state index contributed by atoms with van der Waals surface area (Å²) in [4.78, 5) is 3.97. The van der Waals surface area contributed by atoms with Gasteiger partial charge < -0.3 is 10.1 Å². The second kappa shape index (κ2) is 6.38. The number of nitrogens with zero attached hydrogens (tertiary/aromatic N) is 1. The molecule has 0 spiro atoms. The van der Waals surface area contributed by atoms with E-state index in [1.54, 1.807) is 13.2 Å². The number of alkyl halides is 1. The van der Waals surface area contributed by atoms with Gasteiger partial charge in [0.25, 0.3) is 0 Å². The summed E-state index contributed by atoms with van der Waals surface area (Å²) in [6.45, 7) is 0.486. The fraction of sp³-hybridized carbons (Fsp3) is 0.214. The van der Waals surface area contributed by atoms with Crippen molar-refractivity contribution in [3.63, 3.8) is 0 Å². The SMILES string of the molecule is COc1ccc(CNc2nccc(CCl)c2F)cc1. The van der Waals surface area contributed by atoms with E-state index in [1.807, 2.05) is 24.3 Å². The number of hydrogen-bond acceptors (Lipinski definition) is 3. The lowest BCUT2D eigenvalue weighted by molar-refractivity contribution is 0.414. The van der Waals surface area contributed by atoms with E-state index < -0.39 is 5.82 Å². The monoisotopic (exact) mass is 280 g/mol. The maximum Gasteiger partial charge on any atom is 0.169 e. The minimum absolute atomic E-state index is 0.131. The first-order valence-corrected chi connectivity index (χ1v) is 6.34. The van der Waals surface area contributed by atoms with E-state index in [2.05, 4.69) is 10.3 Å². The van der Waals surface area contributed by atoms with Gasteiger partial charge >= 0.3 is 0 Å². The van der Waals surface area contributed by atoms with Crippen molar-refractivity contribution < 1.29 is 9.13 Å². The average Bonchev–Trinajstić information content (AvgIpc) is 2.47. The predicted molar refractivity (Wildman–Crippen MR) is 74.1 cm³/mol. The zero-order chi connectivity index (χ0) is 13.7. The van der Waals surface area contributed by atoms with Crippen LogP contribution < -0.4 is 10.1 Å². The Hall–Kier alpha value is -1.81. The van der Waals surface area contributed by atoms with Crippen LogP contribution in [0.3, 0.4) is 0 Å². The molecule has 0 aliphatic rings. The zero-order valence-electron chi connectivity index (χ0n) is 10.5. The number of anilines is 1. The predicted octanol–water partition coefficient (Wildman–Crippen LogP) is 3.58. The third-order valence-corrected chi connectivity index (χ3v) is 3.02. The lowest BCUT2D eigenvalue weighted by Crippen LogP contribution is -2.05. The number of halogens is 2. The Labute approximate surface area is 116 Å². The van der Waals surface area contributed by atoms with Gasteiger partial charge in [-0.15, -0.1) is 11.6 Å². The van der Waals surface area contributed by atoms with Gasteiger partial charge in [-0.25, -0.2) is 9.37 Å². The van der Waals surface area contributed by atoms with Gasteiger partial charge in [0.2, 0.25) is 0 Å². The molecule has 0 aliphatic heterocycles. The molecule has 0 aliphatic carbocycles. The number of benzene rings is 1. The van der Waals surface area contributed by atoms with Gasteiger partial charge in [0, 0.05) is 18.3 Å². The summed E-state index contributed by atoms with van der Waals surface area (Å²) in [6, 6.07) is 9.11. The molecule has 1 aromatic carbocycles. The molecule has 2 aromatic rings. The van der Waals surface area contributed by atoms with Crippen molar-refractivity contribution in [3.8, 4) is 5.75 Å². The number of methoxy groups -OCH3 is 1. The molecule has 1 N–H and O–H groups in total. The molecule has 0 saturated carbocycles. The number of nitrogens with one attached hydrogen (secondary N) is 1. The maximum absolute atomic E-state index is 13.9. The average molecular weight is 281 g/mol. The van der Waals surface area contributed by atoms with Crippen molar-refractivity contribution in [1.29, 1.82) is 0 Å². The topological polar surface area (TPSA) is 34.1 Å². The number of rotatable bonds is 5. The number of ether oxygens (including phenoxy) is 1. The first kappa shape index (κ1) is 13.6. The number of pyridine rings is 1. The van der Waals surface area contributed by atoms with E-state index in [9.17, 15) is 4.39 Å². The molecule has 0 bridgehead atoms. The van der Waals surface area contributed by atoms with Crippen LogP contribution in [0.1, 0.15) is 11.1 Å². The summed E-state index contributed by atoms with van der Waals surface area (Å²) >= 11 is 5.65. The highest BCUT2D eigenvalue weighted by molar-refractivity contribution is 6.17. The highest BCUT2D eigenvalue weighted by Gasteiger charge is 2.08. The van der Waals surface area contributed by atoms with Crippen LogP contribution in [0.25, 0.3) is 0 Å². The molecule has 0 atom stereocenters. The molecule has 0 unspecified atom stereocenters. The Kier molecular flexibility index (Phi) is 4.58. The van der Waals surface area contributed by atoms with Gasteiger partial charge in [0.15, 0.2) is 11.6 Å². The van der Waals surface area contributed by atoms with Crippen molar-refractivity contribution >= 4 is 17.4 Å². The molecule has 3 nitrogen and oxygen atoms in total. The van der Waals surface area contributed by atoms with Gasteiger partial charge in [0.1, 0.15) is 5.75 Å². The molecule has 1 heterocycles. The van der Waals surface area contributed by atoms with Gasteiger partial charge in [0.05, 0.1) is 13.0 Å². The molecule has 2 rings (SSSR count). The summed E-state index contributed by atoms with van der Waals surface area (Å²) in [5.74, 6) is 0.739. The Morgan fingerprint density at radius 1 is 1.26 bits per heavy atom. The van der Waals surface area contributed by atoms with E-state index in [4.69, 9.17) is 16.3 Å². The van der Waals surface area contributed by atoms with Crippen LogP contribution in [0.2, 0.25) is 0 Å². The third-order valence-electron chi connectivity index (χ3n) is 2.73. The maximum atomic E-state index is 13.9. The summed E-state index contributed by atoms with van der Waals surface area (Å²) in [5.41, 5.74) is 1.45. The summed E-state index contributed by atoms with van der Waals surface area (Å²) in [5, 5.41) is 2.96. The molecule has 19 heavy (non-hydrogen) atoms. The smallest absolute Gasteiger partial charge is 0.169 e. The molecule has 0 fully saturated rings. The zero-order valence-corrected chi connectivity index (χ0v) is 11.2. The van der Waals surface area contributed by atoms with Crippen LogP contribution in [0, 0.1) is 5.82 Å². The molecule has 1 aromatic heterocycles. The van der Waals surface area contributed by atoms with Gasteiger partial charge in [-0.3, -0.25) is 0 Å². The van der Waals surface area contributed by atoms with Crippen LogP contribution in [0.5, 0.6) is 5.75 Å². The van der Waals surface area contributed by atoms with Crippen LogP contribution in [-0.4, -0.2) is 12.1 Å². The first-order chi connectivity index (χ1) is 9.24. The highest BCUT2D eigenvalue weighted by Crippen LogP contribution is 2.18. The van der Waals surface area contributed by atoms with Crippen LogP contribution in [0.4, 0.5) is 10.2 Å². The van der Waals surface area contributed by atoms with Gasteiger partial charge in [-0.05, 0) is 23.8 Å². The lowest BCUT2D eigenvalue weighted by atomic mass is 10.2. The fourth-order valence-corrected chi connectivity index (χ4v) is 1.85. The van der Waals surface area contributed by atoms with E-state index in [-0.39, 0.29) is 11.7 Å². The Bertz CT molecular complexity index is 546. The van der Waals surface area contributed by atoms with E-state index in [0.29, 0.717) is 12.1 Å². The first-order valence-electron chi connectivity index (χ1n) is 5.80. The van der Waals surface area contributed by atoms with Crippen molar-refractivity contribution in [2.75, 3.05) is 12.4 Å². The second-order valence-electron chi connectivity index (χ2n) is 3.97. The molecular weight excluding hydrogens is 267 g/mol. The lowest BCUT2D eigenvalue weighted by Gasteiger charge is -2.09. The van der Waals surface area contributed by atoms with Crippen molar-refractivity contribution in [2.24, 2.45) is 0 Å². The van der Waals surface area contributed by atoms with Crippen LogP contribution in [0.15, 0.2) is 36.5 Å². The Morgan fingerprint density at radius 2 is 2.00 bits per heavy atom. The minimum Gasteiger partial charge on any atom is -0.497 e. The van der Waals surface area contributed by atoms with Crippen LogP contribution in [-0.2, 0) is 12.4 Å². The molecule has 5 heteroatoms. The van der Waals surface area contributed by atoms with Gasteiger partial charge in [-0.2, -0.15) is 0 Å². The quantitative estimate of drug-likeness (QED) is 0.850. The summed E-state index contributed by atoms with van der Waals surface area (Å²) in [6.07, 6.45) is 1.54. The molecule has 0 amide bonds. The number of hydrogen-bond donors (Lipinski definition) is 1. The fourth-order valence-electron chi connectivity index (χ4n) is 1.64. The highest BCUT2D eigenvalue weighted by atomic mass is 35.5. The molecular formula is C14H14ClFN2O. The molecule has 0 saturated heterocycles.